The summed E-state index contributed by atoms with van der Waals surface area (Å²) < 4.78 is 0.671. The minimum absolute atomic E-state index is 0.0128. The van der Waals surface area contributed by atoms with Gasteiger partial charge in [-0.3, -0.25) is 14.9 Å². The first-order chi connectivity index (χ1) is 11.0. The minimum Gasteiger partial charge on any atom is -0.302 e. The summed E-state index contributed by atoms with van der Waals surface area (Å²) in [5.41, 5.74) is 2.67. The number of rotatable bonds is 4. The topological polar surface area (TPSA) is 85.1 Å². The highest BCUT2D eigenvalue weighted by atomic mass is 32.1. The van der Waals surface area contributed by atoms with Crippen LogP contribution in [0.3, 0.4) is 0 Å². The number of nitrogens with one attached hydrogen (secondary N) is 1. The maximum absolute atomic E-state index is 12.1. The van der Waals surface area contributed by atoms with Crippen LogP contribution in [0.25, 0.3) is 10.2 Å². The Morgan fingerprint density at radius 1 is 1.30 bits per heavy atom. The fourth-order valence-electron chi connectivity index (χ4n) is 2.25. The molecule has 6 nitrogen and oxygen atoms in total. The molecular weight excluding hydrogens is 314 g/mol. The van der Waals surface area contributed by atoms with Gasteiger partial charge in [0.05, 0.1) is 21.6 Å². The van der Waals surface area contributed by atoms with Gasteiger partial charge in [0.25, 0.3) is 5.69 Å². The predicted octanol–water partition coefficient (Wildman–Crippen LogP) is 3.69. The fraction of sp³-hybridized carbons (Fsp3) is 0.125. The minimum atomic E-state index is -0.449. The molecule has 3 rings (SSSR count). The van der Waals surface area contributed by atoms with E-state index >= 15 is 0 Å². The lowest BCUT2D eigenvalue weighted by molar-refractivity contribution is -0.384. The van der Waals surface area contributed by atoms with E-state index in [0.717, 1.165) is 11.1 Å². The average Bonchev–Trinajstić information content (AvgIpc) is 2.87. The Morgan fingerprint density at radius 2 is 2.13 bits per heavy atom. The molecule has 23 heavy (non-hydrogen) atoms. The first kappa shape index (κ1) is 15.1. The number of nitro benzene ring substituents is 1. The lowest BCUT2D eigenvalue weighted by Gasteiger charge is -2.02. The van der Waals surface area contributed by atoms with Crippen molar-refractivity contribution in [1.82, 2.24) is 4.98 Å². The second kappa shape index (κ2) is 6.13. The molecule has 0 fully saturated rings. The van der Waals surface area contributed by atoms with Crippen LogP contribution in [0.2, 0.25) is 0 Å². The van der Waals surface area contributed by atoms with Crippen molar-refractivity contribution in [2.24, 2.45) is 0 Å². The van der Waals surface area contributed by atoms with Gasteiger partial charge in [0.2, 0.25) is 5.91 Å². The highest BCUT2D eigenvalue weighted by Crippen LogP contribution is 2.29. The van der Waals surface area contributed by atoms with Gasteiger partial charge in [-0.1, -0.05) is 41.2 Å². The van der Waals surface area contributed by atoms with E-state index in [4.69, 9.17) is 0 Å². The molecule has 0 aliphatic heterocycles. The largest absolute Gasteiger partial charge is 0.302 e. The fourth-order valence-corrected chi connectivity index (χ4v) is 3.17. The average molecular weight is 327 g/mol. The Balaban J connectivity index is 1.75. The normalized spacial score (nSPS) is 10.7. The van der Waals surface area contributed by atoms with Gasteiger partial charge >= 0.3 is 0 Å². The van der Waals surface area contributed by atoms with Crippen molar-refractivity contribution in [3.63, 3.8) is 0 Å². The number of fused-ring (bicyclic) bond motifs is 1. The Labute approximate surface area is 135 Å². The Bertz CT molecular complexity index is 904. The highest BCUT2D eigenvalue weighted by Gasteiger charge is 2.12. The summed E-state index contributed by atoms with van der Waals surface area (Å²) in [6.07, 6.45) is 0.262. The molecule has 0 atom stereocenters. The van der Waals surface area contributed by atoms with Gasteiger partial charge in [-0.05, 0) is 18.6 Å². The van der Waals surface area contributed by atoms with Crippen LogP contribution in [-0.2, 0) is 11.2 Å². The van der Waals surface area contributed by atoms with Gasteiger partial charge < -0.3 is 5.32 Å². The van der Waals surface area contributed by atoms with Gasteiger partial charge in [0.1, 0.15) is 0 Å². The summed E-state index contributed by atoms with van der Waals surface area (Å²) in [4.78, 5) is 26.7. The predicted molar refractivity (Wildman–Crippen MR) is 89.8 cm³/mol. The monoisotopic (exact) mass is 327 g/mol. The zero-order valence-corrected chi connectivity index (χ0v) is 13.1. The van der Waals surface area contributed by atoms with E-state index in [0.29, 0.717) is 15.3 Å². The lowest BCUT2D eigenvalue weighted by atomic mass is 10.1. The number of thiazole rings is 1. The molecule has 1 aromatic heterocycles. The number of benzene rings is 2. The van der Waals surface area contributed by atoms with Crippen LogP contribution >= 0.6 is 11.3 Å². The van der Waals surface area contributed by atoms with Crippen molar-refractivity contribution in [2.45, 2.75) is 13.3 Å². The zero-order valence-electron chi connectivity index (χ0n) is 12.3. The van der Waals surface area contributed by atoms with Gasteiger partial charge in [0.15, 0.2) is 5.13 Å². The summed E-state index contributed by atoms with van der Waals surface area (Å²) in [6.45, 7) is 1.97. The third kappa shape index (κ3) is 3.51. The number of non-ortho nitro benzene ring substituents is 1. The van der Waals surface area contributed by atoms with E-state index in [1.165, 1.54) is 23.5 Å². The van der Waals surface area contributed by atoms with E-state index in [-0.39, 0.29) is 18.0 Å². The number of aryl methyl sites for hydroxylation is 1. The van der Waals surface area contributed by atoms with Crippen molar-refractivity contribution in [3.05, 3.63) is 63.7 Å². The molecule has 0 saturated carbocycles. The van der Waals surface area contributed by atoms with E-state index in [2.05, 4.69) is 10.3 Å². The lowest BCUT2D eigenvalue weighted by Crippen LogP contribution is -2.14. The SMILES string of the molecule is Cc1cccc(CC(=O)Nc2nc3ccc([N+](=O)[O-])cc3s2)c1. The second-order valence-corrected chi connectivity index (χ2v) is 6.17. The van der Waals surface area contributed by atoms with Crippen molar-refractivity contribution in [1.29, 1.82) is 0 Å². The molecule has 0 radical (unpaired) electrons. The Kier molecular flexibility index (Phi) is 4.03. The molecule has 0 bridgehead atoms. The van der Waals surface area contributed by atoms with Crippen molar-refractivity contribution in [3.8, 4) is 0 Å². The number of amides is 1. The number of anilines is 1. The second-order valence-electron chi connectivity index (χ2n) is 5.14. The molecule has 0 spiro atoms. The van der Waals surface area contributed by atoms with Crippen LogP contribution < -0.4 is 5.32 Å². The van der Waals surface area contributed by atoms with Crippen LogP contribution in [0.1, 0.15) is 11.1 Å². The number of aromatic nitrogens is 1. The smallest absolute Gasteiger partial charge is 0.270 e. The summed E-state index contributed by atoms with van der Waals surface area (Å²) in [5, 5.41) is 14.0. The maximum Gasteiger partial charge on any atom is 0.270 e. The molecule has 0 saturated heterocycles. The molecule has 1 heterocycles. The van der Waals surface area contributed by atoms with Crippen molar-refractivity contribution < 1.29 is 9.72 Å². The summed E-state index contributed by atoms with van der Waals surface area (Å²) >= 11 is 1.22. The molecule has 2 aromatic carbocycles. The van der Waals surface area contributed by atoms with Crippen LogP contribution in [0.15, 0.2) is 42.5 Å². The summed E-state index contributed by atoms with van der Waals surface area (Å²) in [6, 6.07) is 12.2. The van der Waals surface area contributed by atoms with E-state index in [9.17, 15) is 14.9 Å². The van der Waals surface area contributed by atoms with Gasteiger partial charge in [-0.25, -0.2) is 4.98 Å². The van der Waals surface area contributed by atoms with E-state index in [1.54, 1.807) is 6.07 Å². The molecule has 0 unspecified atom stereocenters. The molecule has 7 heteroatoms. The van der Waals surface area contributed by atoms with Crippen LogP contribution in [0, 0.1) is 17.0 Å². The first-order valence-corrected chi connectivity index (χ1v) is 7.73. The quantitative estimate of drug-likeness (QED) is 0.585. The van der Waals surface area contributed by atoms with Crippen LogP contribution in [-0.4, -0.2) is 15.8 Å². The number of nitrogens with zero attached hydrogens (tertiary/aromatic N) is 2. The molecule has 1 amide bonds. The van der Waals surface area contributed by atoms with E-state index in [1.807, 2.05) is 31.2 Å². The van der Waals surface area contributed by atoms with Crippen LogP contribution in [0.5, 0.6) is 0 Å². The first-order valence-electron chi connectivity index (χ1n) is 6.91. The third-order valence-electron chi connectivity index (χ3n) is 3.28. The van der Waals surface area contributed by atoms with Gasteiger partial charge in [-0.15, -0.1) is 0 Å². The molecule has 0 aliphatic rings. The van der Waals surface area contributed by atoms with Gasteiger partial charge in [0, 0.05) is 12.1 Å². The Morgan fingerprint density at radius 3 is 2.87 bits per heavy atom. The molecule has 116 valence electrons. The number of carbonyl (C=O) groups is 1. The maximum atomic E-state index is 12.1. The summed E-state index contributed by atoms with van der Waals surface area (Å²) in [7, 11) is 0. The van der Waals surface area contributed by atoms with Gasteiger partial charge in [-0.2, -0.15) is 0 Å². The van der Waals surface area contributed by atoms with Crippen molar-refractivity contribution >= 4 is 38.3 Å². The zero-order chi connectivity index (χ0) is 16.4. The number of hydrogen-bond acceptors (Lipinski definition) is 5. The summed E-state index contributed by atoms with van der Waals surface area (Å²) in [5.74, 6) is -0.163. The van der Waals surface area contributed by atoms with Crippen molar-refractivity contribution in [2.75, 3.05) is 5.32 Å². The number of nitro groups is 1. The molecule has 0 aliphatic carbocycles. The molecule has 1 N–H and O–H groups in total. The number of carbonyl (C=O) groups excluding carboxylic acids is 1. The van der Waals surface area contributed by atoms with Crippen LogP contribution in [0.4, 0.5) is 10.8 Å². The van der Waals surface area contributed by atoms with E-state index < -0.39 is 4.92 Å². The molecule has 3 aromatic rings. The molecular formula is C16H13N3O3S. The Hall–Kier alpha value is -2.80. The highest BCUT2D eigenvalue weighted by molar-refractivity contribution is 7.22. The standard InChI is InChI=1S/C16H13N3O3S/c1-10-3-2-4-11(7-10)8-15(20)18-16-17-13-6-5-12(19(21)22)9-14(13)23-16/h2-7,9H,8H2,1H3,(H,17,18,20). The number of hydrogen-bond donors (Lipinski definition) is 1. The third-order valence-corrected chi connectivity index (χ3v) is 4.21.